The summed E-state index contributed by atoms with van der Waals surface area (Å²) in [4.78, 5) is 13.1. The highest BCUT2D eigenvalue weighted by molar-refractivity contribution is 8.00. The van der Waals surface area contributed by atoms with Crippen LogP contribution in [0, 0.1) is 6.92 Å². The molecule has 0 aliphatic heterocycles. The lowest BCUT2D eigenvalue weighted by Crippen LogP contribution is -2.26. The third-order valence-electron chi connectivity index (χ3n) is 4.58. The van der Waals surface area contributed by atoms with Gasteiger partial charge in [-0.3, -0.25) is 9.10 Å². The molecule has 3 rings (SSSR count). The molecule has 3 aromatic rings. The van der Waals surface area contributed by atoms with Crippen LogP contribution in [0.4, 0.5) is 5.69 Å². The Morgan fingerprint density at radius 2 is 1.57 bits per heavy atom. The second-order valence-corrected chi connectivity index (χ2v) is 9.85. The first kappa shape index (κ1) is 21.9. The van der Waals surface area contributed by atoms with Gasteiger partial charge in [0, 0.05) is 18.5 Å². The normalized spacial score (nSPS) is 11.1. The Morgan fingerprint density at radius 3 is 2.20 bits per heavy atom. The van der Waals surface area contributed by atoms with Crippen molar-refractivity contribution in [2.75, 3.05) is 17.1 Å². The number of para-hydroxylation sites is 1. The Balaban J connectivity index is 1.55. The van der Waals surface area contributed by atoms with E-state index in [9.17, 15) is 13.2 Å². The molecule has 0 saturated heterocycles. The van der Waals surface area contributed by atoms with E-state index in [1.54, 1.807) is 48.5 Å². The molecule has 0 unspecified atom stereocenters. The van der Waals surface area contributed by atoms with Crippen LogP contribution in [0.15, 0.2) is 88.7 Å². The number of carbonyl (C=O) groups excluding carboxylic acids is 1. The van der Waals surface area contributed by atoms with Crippen LogP contribution in [0.1, 0.15) is 11.1 Å². The predicted molar refractivity (Wildman–Crippen MR) is 122 cm³/mol. The van der Waals surface area contributed by atoms with Crippen LogP contribution in [0.5, 0.6) is 0 Å². The van der Waals surface area contributed by atoms with Crippen molar-refractivity contribution >= 4 is 33.4 Å². The molecule has 3 aromatic carbocycles. The van der Waals surface area contributed by atoms with Crippen LogP contribution in [-0.4, -0.2) is 27.1 Å². The maximum atomic E-state index is 12.8. The summed E-state index contributed by atoms with van der Waals surface area (Å²) >= 11 is 1.37. The minimum atomic E-state index is -3.64. The van der Waals surface area contributed by atoms with Crippen molar-refractivity contribution in [3.8, 4) is 0 Å². The Morgan fingerprint density at radius 1 is 0.933 bits per heavy atom. The maximum Gasteiger partial charge on any atom is 0.264 e. The van der Waals surface area contributed by atoms with E-state index >= 15 is 0 Å². The van der Waals surface area contributed by atoms with Gasteiger partial charge in [-0.05, 0) is 48.9 Å². The van der Waals surface area contributed by atoms with E-state index in [-0.39, 0.29) is 16.6 Å². The SMILES string of the molecule is Cc1ccc(CNC(=O)CSc2ccc(S(=O)(=O)N(C)c3ccccc3)cc2)cc1. The number of sulfonamides is 1. The molecule has 0 spiro atoms. The molecule has 0 aliphatic rings. The lowest BCUT2D eigenvalue weighted by molar-refractivity contribution is -0.118. The Hall–Kier alpha value is -2.77. The van der Waals surface area contributed by atoms with Crippen LogP contribution >= 0.6 is 11.8 Å². The van der Waals surface area contributed by atoms with Gasteiger partial charge in [0.1, 0.15) is 0 Å². The molecule has 156 valence electrons. The molecule has 0 fully saturated rings. The van der Waals surface area contributed by atoms with Gasteiger partial charge in [-0.2, -0.15) is 0 Å². The van der Waals surface area contributed by atoms with Crippen LogP contribution in [0.3, 0.4) is 0 Å². The largest absolute Gasteiger partial charge is 0.351 e. The van der Waals surface area contributed by atoms with E-state index in [0.29, 0.717) is 12.2 Å². The van der Waals surface area contributed by atoms with Crippen molar-refractivity contribution in [2.24, 2.45) is 0 Å². The lowest BCUT2D eigenvalue weighted by Gasteiger charge is -2.19. The number of benzene rings is 3. The molecule has 0 saturated carbocycles. The average Bonchev–Trinajstić information content (AvgIpc) is 2.77. The number of hydrogen-bond donors (Lipinski definition) is 1. The number of thioether (sulfide) groups is 1. The zero-order valence-corrected chi connectivity index (χ0v) is 18.5. The van der Waals surface area contributed by atoms with Crippen LogP contribution < -0.4 is 9.62 Å². The minimum Gasteiger partial charge on any atom is -0.351 e. The summed E-state index contributed by atoms with van der Waals surface area (Å²) in [6.07, 6.45) is 0. The first-order valence-electron chi connectivity index (χ1n) is 9.45. The quantitative estimate of drug-likeness (QED) is 0.533. The van der Waals surface area contributed by atoms with Gasteiger partial charge in [-0.1, -0.05) is 48.0 Å². The number of hydrogen-bond acceptors (Lipinski definition) is 4. The summed E-state index contributed by atoms with van der Waals surface area (Å²) in [6, 6.07) is 23.5. The highest BCUT2D eigenvalue weighted by Crippen LogP contribution is 2.24. The van der Waals surface area contributed by atoms with E-state index in [1.807, 2.05) is 37.3 Å². The Bertz CT molecular complexity index is 1080. The Labute approximate surface area is 182 Å². The number of rotatable bonds is 8. The van der Waals surface area contributed by atoms with Crippen LogP contribution in [0.2, 0.25) is 0 Å². The fourth-order valence-corrected chi connectivity index (χ4v) is 4.67. The number of aryl methyl sites for hydroxylation is 1. The fraction of sp³-hybridized carbons (Fsp3) is 0.174. The standard InChI is InChI=1S/C23H24N2O3S2/c1-18-8-10-19(11-9-18)16-24-23(26)17-29-21-12-14-22(15-13-21)30(27,28)25(2)20-6-4-3-5-7-20/h3-15H,16-17H2,1-2H3,(H,24,26). The molecule has 0 aliphatic carbocycles. The molecular weight excluding hydrogens is 416 g/mol. The van der Waals surface area contributed by atoms with Gasteiger partial charge in [0.15, 0.2) is 0 Å². The molecule has 0 radical (unpaired) electrons. The van der Waals surface area contributed by atoms with Gasteiger partial charge >= 0.3 is 0 Å². The van der Waals surface area contributed by atoms with Gasteiger partial charge in [0.25, 0.3) is 10.0 Å². The molecule has 1 amide bonds. The van der Waals surface area contributed by atoms with Gasteiger partial charge < -0.3 is 5.32 Å². The minimum absolute atomic E-state index is 0.0684. The summed E-state index contributed by atoms with van der Waals surface area (Å²) < 4.78 is 26.9. The second kappa shape index (κ2) is 9.82. The van der Waals surface area contributed by atoms with Gasteiger partial charge in [-0.15, -0.1) is 11.8 Å². The van der Waals surface area contributed by atoms with Crippen molar-refractivity contribution in [3.63, 3.8) is 0 Å². The van der Waals surface area contributed by atoms with E-state index in [0.717, 1.165) is 10.5 Å². The molecule has 0 aromatic heterocycles. The maximum absolute atomic E-state index is 12.8. The monoisotopic (exact) mass is 440 g/mol. The molecule has 0 atom stereocenters. The van der Waals surface area contributed by atoms with Crippen molar-refractivity contribution in [1.29, 1.82) is 0 Å². The van der Waals surface area contributed by atoms with Crippen molar-refractivity contribution in [1.82, 2.24) is 5.32 Å². The first-order chi connectivity index (χ1) is 14.4. The highest BCUT2D eigenvalue weighted by Gasteiger charge is 2.21. The topological polar surface area (TPSA) is 66.5 Å². The number of nitrogens with one attached hydrogen (secondary N) is 1. The number of amides is 1. The molecular formula is C23H24N2O3S2. The van der Waals surface area contributed by atoms with Crippen molar-refractivity contribution < 1.29 is 13.2 Å². The number of nitrogens with zero attached hydrogens (tertiary/aromatic N) is 1. The van der Waals surface area contributed by atoms with E-state index < -0.39 is 10.0 Å². The van der Waals surface area contributed by atoms with Crippen molar-refractivity contribution in [2.45, 2.75) is 23.3 Å². The number of anilines is 1. The zero-order chi connectivity index (χ0) is 21.6. The lowest BCUT2D eigenvalue weighted by atomic mass is 10.1. The summed E-state index contributed by atoms with van der Waals surface area (Å²) in [7, 11) is -2.10. The molecule has 0 bridgehead atoms. The zero-order valence-electron chi connectivity index (χ0n) is 16.9. The number of carbonyl (C=O) groups is 1. The van der Waals surface area contributed by atoms with E-state index in [2.05, 4.69) is 5.32 Å². The Kier molecular flexibility index (Phi) is 7.18. The fourth-order valence-electron chi connectivity index (χ4n) is 2.75. The van der Waals surface area contributed by atoms with E-state index in [4.69, 9.17) is 0 Å². The average molecular weight is 441 g/mol. The molecule has 7 heteroatoms. The molecule has 30 heavy (non-hydrogen) atoms. The summed E-state index contributed by atoms with van der Waals surface area (Å²) in [6.45, 7) is 2.51. The van der Waals surface area contributed by atoms with Gasteiger partial charge in [-0.25, -0.2) is 8.42 Å². The summed E-state index contributed by atoms with van der Waals surface area (Å²) in [5.41, 5.74) is 2.83. The third kappa shape index (κ3) is 5.64. The van der Waals surface area contributed by atoms with Gasteiger partial charge in [0.2, 0.25) is 5.91 Å². The smallest absolute Gasteiger partial charge is 0.264 e. The van der Waals surface area contributed by atoms with Crippen LogP contribution in [0.25, 0.3) is 0 Å². The van der Waals surface area contributed by atoms with Gasteiger partial charge in [0.05, 0.1) is 16.3 Å². The molecule has 1 N–H and O–H groups in total. The highest BCUT2D eigenvalue weighted by atomic mass is 32.2. The second-order valence-electron chi connectivity index (χ2n) is 6.83. The third-order valence-corrected chi connectivity index (χ3v) is 7.39. The predicted octanol–water partition coefficient (Wildman–Crippen LogP) is 4.23. The van der Waals surface area contributed by atoms with Crippen LogP contribution in [-0.2, 0) is 21.4 Å². The molecule has 5 nitrogen and oxygen atoms in total. The molecule has 0 heterocycles. The van der Waals surface area contributed by atoms with E-state index in [1.165, 1.54) is 28.7 Å². The first-order valence-corrected chi connectivity index (χ1v) is 11.9. The summed E-state index contributed by atoms with van der Waals surface area (Å²) in [5.74, 6) is 0.197. The van der Waals surface area contributed by atoms with Crippen molar-refractivity contribution in [3.05, 3.63) is 90.0 Å². The summed E-state index contributed by atoms with van der Waals surface area (Å²) in [5, 5.41) is 2.90.